The molecule has 0 amide bonds. The van der Waals surface area contributed by atoms with Crippen molar-refractivity contribution in [2.45, 2.75) is 277 Å². The maximum absolute atomic E-state index is 5.05. The molecule has 2 nitrogen and oxygen atoms in total. The normalized spacial score (nSPS) is 13.0. The molecular weight excluding hydrogens is 581 g/mol. The van der Waals surface area contributed by atoms with E-state index in [1.165, 1.54) is 243 Å². The van der Waals surface area contributed by atoms with Crippen LogP contribution in [-0.2, 0) is 0 Å². The van der Waals surface area contributed by atoms with E-state index in [-0.39, 0.29) is 0 Å². The third kappa shape index (κ3) is 27.0. The lowest BCUT2D eigenvalue weighted by Crippen LogP contribution is -2.13. The SMILES string of the molecule is CCCCCCCCCCCCCCCCC(CCCCCCCCCCC)c1nccn1C(C)CCCCCCCCCCCCC. The van der Waals surface area contributed by atoms with Crippen LogP contribution in [0.2, 0.25) is 0 Å². The number of imidazole rings is 1. The largest absolute Gasteiger partial charge is 0.332 e. The Labute approximate surface area is 304 Å². The summed E-state index contributed by atoms with van der Waals surface area (Å²) in [5.41, 5.74) is 0. The molecule has 0 saturated carbocycles. The molecule has 0 saturated heterocycles. The molecule has 0 fully saturated rings. The summed E-state index contributed by atoms with van der Waals surface area (Å²) in [6.45, 7) is 9.41. The molecule has 2 heteroatoms. The molecule has 1 aromatic heterocycles. The van der Waals surface area contributed by atoms with Gasteiger partial charge < -0.3 is 4.57 Å². The van der Waals surface area contributed by atoms with Gasteiger partial charge in [-0.05, 0) is 26.2 Å². The summed E-state index contributed by atoms with van der Waals surface area (Å²) in [5.74, 6) is 2.07. The number of hydrogen-bond acceptors (Lipinski definition) is 1. The van der Waals surface area contributed by atoms with Crippen molar-refractivity contribution in [1.29, 1.82) is 0 Å². The van der Waals surface area contributed by atoms with E-state index in [0.29, 0.717) is 12.0 Å². The van der Waals surface area contributed by atoms with E-state index in [1.54, 1.807) is 0 Å². The van der Waals surface area contributed by atoms with Crippen molar-refractivity contribution in [2.24, 2.45) is 0 Å². The second-order valence-electron chi connectivity index (χ2n) is 16.1. The van der Waals surface area contributed by atoms with Gasteiger partial charge in [-0.2, -0.15) is 0 Å². The van der Waals surface area contributed by atoms with Gasteiger partial charge in [-0.3, -0.25) is 0 Å². The Morgan fingerprint density at radius 1 is 0.396 bits per heavy atom. The molecule has 0 aliphatic heterocycles. The fourth-order valence-electron chi connectivity index (χ4n) is 7.95. The zero-order chi connectivity index (χ0) is 34.6. The number of rotatable bonds is 39. The first kappa shape index (κ1) is 45.2. The Kier molecular flexibility index (Phi) is 33.9. The van der Waals surface area contributed by atoms with Crippen molar-refractivity contribution in [3.8, 4) is 0 Å². The first-order valence-electron chi connectivity index (χ1n) is 22.8. The second kappa shape index (κ2) is 36.0. The lowest BCUT2D eigenvalue weighted by molar-refractivity contribution is 0.412. The van der Waals surface area contributed by atoms with Gasteiger partial charge in [0.05, 0.1) is 0 Å². The van der Waals surface area contributed by atoms with Crippen LogP contribution in [0, 0.1) is 0 Å². The van der Waals surface area contributed by atoms with Crippen LogP contribution in [0.25, 0.3) is 0 Å². The molecule has 284 valence electrons. The minimum atomic E-state index is 0.586. The minimum Gasteiger partial charge on any atom is -0.332 e. The van der Waals surface area contributed by atoms with Gasteiger partial charge in [-0.15, -0.1) is 0 Å². The fraction of sp³-hybridized carbons (Fsp3) is 0.935. The van der Waals surface area contributed by atoms with Gasteiger partial charge in [0.2, 0.25) is 0 Å². The van der Waals surface area contributed by atoms with Gasteiger partial charge in [0, 0.05) is 24.4 Å². The van der Waals surface area contributed by atoms with Crippen LogP contribution in [0.4, 0.5) is 0 Å². The van der Waals surface area contributed by atoms with Gasteiger partial charge >= 0.3 is 0 Å². The summed E-state index contributed by atoms with van der Waals surface area (Å²) in [5, 5.41) is 0. The average molecular weight is 671 g/mol. The van der Waals surface area contributed by atoms with Crippen LogP contribution < -0.4 is 0 Å². The Balaban J connectivity index is 2.37. The van der Waals surface area contributed by atoms with Gasteiger partial charge in [0.25, 0.3) is 0 Å². The third-order valence-electron chi connectivity index (χ3n) is 11.3. The monoisotopic (exact) mass is 671 g/mol. The Hall–Kier alpha value is -0.790. The fourth-order valence-corrected chi connectivity index (χ4v) is 7.95. The molecule has 1 rings (SSSR count). The Morgan fingerprint density at radius 3 is 0.979 bits per heavy atom. The van der Waals surface area contributed by atoms with Crippen molar-refractivity contribution in [2.75, 3.05) is 0 Å². The first-order valence-corrected chi connectivity index (χ1v) is 22.8. The van der Waals surface area contributed by atoms with Gasteiger partial charge in [0.1, 0.15) is 5.82 Å². The van der Waals surface area contributed by atoms with Crippen LogP contribution >= 0.6 is 0 Å². The summed E-state index contributed by atoms with van der Waals surface area (Å²) in [7, 11) is 0. The molecule has 0 N–H and O–H groups in total. The van der Waals surface area contributed by atoms with Crippen LogP contribution in [-0.4, -0.2) is 9.55 Å². The molecule has 1 aromatic rings. The third-order valence-corrected chi connectivity index (χ3v) is 11.3. The smallest absolute Gasteiger partial charge is 0.111 e. The molecule has 0 bridgehead atoms. The van der Waals surface area contributed by atoms with Gasteiger partial charge in [-0.25, -0.2) is 4.98 Å². The van der Waals surface area contributed by atoms with Crippen LogP contribution in [0.1, 0.15) is 283 Å². The highest BCUT2D eigenvalue weighted by Gasteiger charge is 2.19. The molecular formula is C46H90N2. The minimum absolute atomic E-state index is 0.586. The average Bonchev–Trinajstić information content (AvgIpc) is 3.59. The maximum Gasteiger partial charge on any atom is 0.111 e. The zero-order valence-corrected chi connectivity index (χ0v) is 33.9. The highest BCUT2D eigenvalue weighted by molar-refractivity contribution is 5.02. The van der Waals surface area contributed by atoms with E-state index in [4.69, 9.17) is 4.98 Å². The summed E-state index contributed by atoms with van der Waals surface area (Å²) in [4.78, 5) is 5.05. The van der Waals surface area contributed by atoms with Crippen molar-refractivity contribution >= 4 is 0 Å². The van der Waals surface area contributed by atoms with Gasteiger partial charge in [-0.1, -0.05) is 239 Å². The molecule has 0 aliphatic carbocycles. The predicted molar refractivity (Wildman–Crippen MR) is 218 cm³/mol. The predicted octanol–water partition coefficient (Wildman–Crippen LogP) is 17.0. The van der Waals surface area contributed by atoms with Crippen molar-refractivity contribution in [1.82, 2.24) is 9.55 Å². The van der Waals surface area contributed by atoms with E-state index in [9.17, 15) is 0 Å². The number of unbranched alkanes of at least 4 members (excludes halogenated alkanes) is 31. The van der Waals surface area contributed by atoms with E-state index in [1.807, 2.05) is 0 Å². The van der Waals surface area contributed by atoms with Crippen LogP contribution in [0.5, 0.6) is 0 Å². The van der Waals surface area contributed by atoms with Crippen LogP contribution in [0.15, 0.2) is 12.4 Å². The molecule has 2 unspecified atom stereocenters. The first-order chi connectivity index (χ1) is 23.7. The number of hydrogen-bond donors (Lipinski definition) is 0. The molecule has 2 atom stereocenters. The topological polar surface area (TPSA) is 17.8 Å². The number of nitrogens with zero attached hydrogens (tertiary/aromatic N) is 2. The molecule has 0 radical (unpaired) electrons. The summed E-state index contributed by atoms with van der Waals surface area (Å²) >= 11 is 0. The molecule has 48 heavy (non-hydrogen) atoms. The van der Waals surface area contributed by atoms with Crippen molar-refractivity contribution < 1.29 is 0 Å². The maximum atomic E-state index is 5.05. The van der Waals surface area contributed by atoms with E-state index >= 15 is 0 Å². The molecule has 0 aliphatic rings. The lowest BCUT2D eigenvalue weighted by atomic mass is 9.92. The Morgan fingerprint density at radius 2 is 0.667 bits per heavy atom. The standard InChI is InChI=1S/C46H90N2/c1-5-8-11-14-17-20-22-23-24-26-29-32-35-38-41-45(40-37-34-31-27-19-16-13-10-7-3)46-47-42-43-48(46)44(4)39-36-33-30-28-25-21-18-15-12-9-6-2/h42-45H,5-41H2,1-4H3. The van der Waals surface area contributed by atoms with Gasteiger partial charge in [0.15, 0.2) is 0 Å². The molecule has 0 spiro atoms. The highest BCUT2D eigenvalue weighted by atomic mass is 15.1. The van der Waals surface area contributed by atoms with Crippen molar-refractivity contribution in [3.05, 3.63) is 18.2 Å². The number of aromatic nitrogens is 2. The Bertz CT molecular complexity index is 738. The lowest BCUT2D eigenvalue weighted by Gasteiger charge is -2.22. The van der Waals surface area contributed by atoms with Crippen molar-refractivity contribution in [3.63, 3.8) is 0 Å². The van der Waals surface area contributed by atoms with E-state index < -0.39 is 0 Å². The molecule has 1 heterocycles. The highest BCUT2D eigenvalue weighted by Crippen LogP contribution is 2.31. The quantitative estimate of drug-likeness (QED) is 0.0637. The van der Waals surface area contributed by atoms with E-state index in [0.717, 1.165) is 0 Å². The molecule has 0 aromatic carbocycles. The second-order valence-corrected chi connectivity index (χ2v) is 16.1. The summed E-state index contributed by atoms with van der Waals surface area (Å²) in [6.07, 6.45) is 57.1. The summed E-state index contributed by atoms with van der Waals surface area (Å²) < 4.78 is 2.60. The van der Waals surface area contributed by atoms with E-state index in [2.05, 4.69) is 44.7 Å². The zero-order valence-electron chi connectivity index (χ0n) is 33.9. The van der Waals surface area contributed by atoms with Crippen LogP contribution in [0.3, 0.4) is 0 Å². The summed E-state index contributed by atoms with van der Waals surface area (Å²) in [6, 6.07) is 0.586.